The minimum Gasteiger partial charge on any atom is -0.396 e. The molecule has 0 aromatic heterocycles. The molecule has 1 N–H and O–H groups in total. The van der Waals surface area contributed by atoms with E-state index < -0.39 is 22.6 Å². The highest BCUT2D eigenvalue weighted by Gasteiger charge is 2.73. The van der Waals surface area contributed by atoms with Crippen LogP contribution in [0.1, 0.15) is 52.4 Å². The van der Waals surface area contributed by atoms with Crippen LogP contribution in [-0.4, -0.2) is 92.9 Å². The van der Waals surface area contributed by atoms with Gasteiger partial charge in [0.15, 0.2) is 0 Å². The summed E-state index contributed by atoms with van der Waals surface area (Å²) in [6.45, 7) is 14.2. The predicted octanol–water partition coefficient (Wildman–Crippen LogP) is 2.70. The van der Waals surface area contributed by atoms with Crippen molar-refractivity contribution in [2.24, 2.45) is 11.8 Å². The fourth-order valence-corrected chi connectivity index (χ4v) is 8.30. The lowest BCUT2D eigenvalue weighted by atomic mass is 9.70. The molecule has 34 heavy (non-hydrogen) atoms. The normalized spacial score (nSPS) is 29.3. The van der Waals surface area contributed by atoms with Crippen LogP contribution in [0.4, 0.5) is 0 Å². The van der Waals surface area contributed by atoms with Gasteiger partial charge in [-0.1, -0.05) is 32.4 Å². The van der Waals surface area contributed by atoms with Gasteiger partial charge in [0.05, 0.1) is 16.6 Å². The van der Waals surface area contributed by atoms with Crippen LogP contribution in [0, 0.1) is 11.8 Å². The Kier molecular flexibility index (Phi) is 9.27. The number of nitrogens with zero attached hydrogens (tertiary/aromatic N) is 3. The third kappa shape index (κ3) is 4.68. The summed E-state index contributed by atoms with van der Waals surface area (Å²) < 4.78 is -0.577. The molecule has 3 rings (SSSR count). The molecule has 3 amide bonds. The Balaban J connectivity index is 1.99. The van der Waals surface area contributed by atoms with Crippen LogP contribution in [0.3, 0.4) is 0 Å². The second-order valence-corrected chi connectivity index (χ2v) is 11.3. The van der Waals surface area contributed by atoms with Crippen molar-refractivity contribution in [1.29, 1.82) is 0 Å². The largest absolute Gasteiger partial charge is 0.396 e. The maximum Gasteiger partial charge on any atom is 0.247 e. The zero-order valence-electron chi connectivity index (χ0n) is 20.8. The van der Waals surface area contributed by atoms with E-state index in [4.69, 9.17) is 0 Å². The number of amides is 3. The van der Waals surface area contributed by atoms with Gasteiger partial charge < -0.3 is 19.8 Å². The molecule has 2 unspecified atom stereocenters. The molecule has 3 aliphatic heterocycles. The first kappa shape index (κ1) is 26.8. The first-order valence-corrected chi connectivity index (χ1v) is 13.7. The van der Waals surface area contributed by atoms with Crippen LogP contribution in [0.5, 0.6) is 0 Å². The molecule has 0 aliphatic carbocycles. The summed E-state index contributed by atoms with van der Waals surface area (Å²) in [6.07, 6.45) is 8.19. The summed E-state index contributed by atoms with van der Waals surface area (Å²) >= 11 is 1.70. The molecule has 0 aromatic carbocycles. The minimum absolute atomic E-state index is 0.0170. The Bertz CT molecular complexity index is 790. The highest BCUT2D eigenvalue weighted by Crippen LogP contribution is 2.66. The molecule has 8 heteroatoms. The topological polar surface area (TPSA) is 81.2 Å². The predicted molar refractivity (Wildman–Crippen MR) is 136 cm³/mol. The van der Waals surface area contributed by atoms with Crippen molar-refractivity contribution in [3.8, 4) is 0 Å². The molecule has 1 spiro atoms. The first-order chi connectivity index (χ1) is 16.4. The minimum atomic E-state index is -0.597. The molecule has 2 bridgehead atoms. The summed E-state index contributed by atoms with van der Waals surface area (Å²) in [6, 6.07) is -0.597. The zero-order valence-corrected chi connectivity index (χ0v) is 21.6. The monoisotopic (exact) mass is 491 g/mol. The highest BCUT2D eigenvalue weighted by molar-refractivity contribution is 8.02. The SMILES string of the molecule is C=CCN(CCCC)C(=O)C1N(CCCO)C(=O)[C@@H]2[C@@H](C(=O)N(CC=C)CCC)[C@H]3CCC12S3. The summed E-state index contributed by atoms with van der Waals surface area (Å²) in [5.74, 6) is -1.01. The summed E-state index contributed by atoms with van der Waals surface area (Å²) in [4.78, 5) is 46.9. The van der Waals surface area contributed by atoms with Gasteiger partial charge in [0.25, 0.3) is 0 Å². The Morgan fingerprint density at radius 2 is 1.79 bits per heavy atom. The Morgan fingerprint density at radius 1 is 1.12 bits per heavy atom. The van der Waals surface area contributed by atoms with E-state index in [0.717, 1.165) is 32.1 Å². The molecular weight excluding hydrogens is 450 g/mol. The Hall–Kier alpha value is -1.80. The van der Waals surface area contributed by atoms with E-state index in [-0.39, 0.29) is 29.6 Å². The lowest BCUT2D eigenvalue weighted by molar-refractivity contribution is -0.144. The molecule has 3 heterocycles. The molecule has 3 fully saturated rings. The maximum atomic E-state index is 14.0. The van der Waals surface area contributed by atoms with Gasteiger partial charge in [-0.2, -0.15) is 0 Å². The number of carbonyl (C=O) groups is 3. The molecule has 0 saturated carbocycles. The van der Waals surface area contributed by atoms with Crippen LogP contribution >= 0.6 is 11.8 Å². The Morgan fingerprint density at radius 3 is 2.38 bits per heavy atom. The number of rotatable bonds is 14. The molecule has 0 aromatic rings. The number of aliphatic hydroxyl groups is 1. The third-order valence-corrected chi connectivity index (χ3v) is 9.43. The summed E-state index contributed by atoms with van der Waals surface area (Å²) in [5, 5.41) is 9.55. The van der Waals surface area contributed by atoms with E-state index in [1.165, 1.54) is 0 Å². The molecule has 190 valence electrons. The summed E-state index contributed by atoms with van der Waals surface area (Å²) in [5.41, 5.74) is 0. The Labute approximate surface area is 208 Å². The summed E-state index contributed by atoms with van der Waals surface area (Å²) in [7, 11) is 0. The number of aliphatic hydroxyl groups excluding tert-OH is 1. The van der Waals surface area contributed by atoms with Crippen molar-refractivity contribution in [2.45, 2.75) is 68.4 Å². The molecule has 7 nitrogen and oxygen atoms in total. The second kappa shape index (κ2) is 11.8. The molecule has 5 atom stereocenters. The molecule has 3 aliphatic rings. The van der Waals surface area contributed by atoms with Crippen molar-refractivity contribution in [3.63, 3.8) is 0 Å². The van der Waals surface area contributed by atoms with Gasteiger partial charge in [0.2, 0.25) is 17.7 Å². The average Bonchev–Trinajstić information content (AvgIpc) is 3.46. The molecule has 3 saturated heterocycles. The number of likely N-dealkylation sites (tertiary alicyclic amines) is 1. The van der Waals surface area contributed by atoms with Crippen LogP contribution in [0.15, 0.2) is 25.3 Å². The van der Waals surface area contributed by atoms with E-state index in [0.29, 0.717) is 39.1 Å². The smallest absolute Gasteiger partial charge is 0.247 e. The van der Waals surface area contributed by atoms with Gasteiger partial charge in [-0.15, -0.1) is 24.9 Å². The number of hydrogen-bond acceptors (Lipinski definition) is 5. The highest BCUT2D eigenvalue weighted by atomic mass is 32.2. The van der Waals surface area contributed by atoms with Gasteiger partial charge in [-0.05, 0) is 32.1 Å². The maximum absolute atomic E-state index is 14.0. The number of unbranched alkanes of at least 4 members (excludes halogenated alkanes) is 1. The fraction of sp³-hybridized carbons (Fsp3) is 0.731. The zero-order chi connectivity index (χ0) is 24.9. The lowest BCUT2D eigenvalue weighted by Crippen LogP contribution is -2.55. The van der Waals surface area contributed by atoms with Crippen LogP contribution in [-0.2, 0) is 14.4 Å². The van der Waals surface area contributed by atoms with Crippen molar-refractivity contribution in [1.82, 2.24) is 14.7 Å². The van der Waals surface area contributed by atoms with Gasteiger partial charge in [0, 0.05) is 44.6 Å². The first-order valence-electron chi connectivity index (χ1n) is 12.8. The number of fused-ring (bicyclic) bond motifs is 1. The molecular formula is C26H41N3O4S. The fourth-order valence-electron chi connectivity index (χ4n) is 6.09. The quantitative estimate of drug-likeness (QED) is 0.378. The van der Waals surface area contributed by atoms with Gasteiger partial charge in [-0.3, -0.25) is 14.4 Å². The van der Waals surface area contributed by atoms with E-state index in [1.54, 1.807) is 28.8 Å². The van der Waals surface area contributed by atoms with Crippen molar-refractivity contribution < 1.29 is 19.5 Å². The van der Waals surface area contributed by atoms with E-state index in [2.05, 4.69) is 20.1 Å². The van der Waals surface area contributed by atoms with Crippen molar-refractivity contribution >= 4 is 29.5 Å². The van der Waals surface area contributed by atoms with E-state index in [9.17, 15) is 19.5 Å². The van der Waals surface area contributed by atoms with Gasteiger partial charge in [-0.25, -0.2) is 0 Å². The second-order valence-electron chi connectivity index (χ2n) is 9.66. The number of thioether (sulfide) groups is 1. The van der Waals surface area contributed by atoms with Crippen LogP contribution in [0.2, 0.25) is 0 Å². The van der Waals surface area contributed by atoms with E-state index in [1.807, 2.05) is 16.7 Å². The molecule has 0 radical (unpaired) electrons. The third-order valence-electron chi connectivity index (χ3n) is 7.47. The lowest BCUT2D eigenvalue weighted by Gasteiger charge is -2.37. The number of hydrogen-bond donors (Lipinski definition) is 1. The average molecular weight is 492 g/mol. The number of carbonyl (C=O) groups excluding carboxylic acids is 3. The van der Waals surface area contributed by atoms with Crippen molar-refractivity contribution in [2.75, 3.05) is 39.3 Å². The standard InChI is InChI=1S/C26H41N3O4S/c1-5-9-16-28(15-8-4)25(33)22-26-12-11-19(34-26)20(23(31)27(13-6-2)14-7-3)21(26)24(32)29(22)17-10-18-30/h6,8,19-22,30H,2,4-5,7,9-18H2,1,3H3/t19-,20+,21+,22?,26?/m1/s1. The van der Waals surface area contributed by atoms with Crippen LogP contribution in [0.25, 0.3) is 0 Å². The van der Waals surface area contributed by atoms with Gasteiger partial charge >= 0.3 is 0 Å². The van der Waals surface area contributed by atoms with Gasteiger partial charge in [0.1, 0.15) is 6.04 Å². The van der Waals surface area contributed by atoms with E-state index >= 15 is 0 Å². The van der Waals surface area contributed by atoms with Crippen LogP contribution < -0.4 is 0 Å². The van der Waals surface area contributed by atoms with Crippen molar-refractivity contribution in [3.05, 3.63) is 25.3 Å².